The molecule has 0 aromatic heterocycles. The molecule has 4 heteroatoms. The van der Waals surface area contributed by atoms with Gasteiger partial charge in [-0.05, 0) is 45.0 Å². The summed E-state index contributed by atoms with van der Waals surface area (Å²) in [7, 11) is 0. The highest BCUT2D eigenvalue weighted by Crippen LogP contribution is 2.34. The van der Waals surface area contributed by atoms with Crippen LogP contribution in [0.4, 0.5) is 11.4 Å². The molecule has 1 aromatic carbocycles. The number of anilines is 2. The molecule has 18 heavy (non-hydrogen) atoms. The molecule has 1 atom stereocenters. The van der Waals surface area contributed by atoms with Crippen molar-refractivity contribution in [3.63, 3.8) is 0 Å². The lowest BCUT2D eigenvalue weighted by Gasteiger charge is -2.31. The quantitative estimate of drug-likeness (QED) is 0.856. The molecule has 4 nitrogen and oxygen atoms in total. The molecule has 1 aromatic rings. The van der Waals surface area contributed by atoms with Gasteiger partial charge in [-0.25, -0.2) is 0 Å². The fourth-order valence-electron chi connectivity index (χ4n) is 2.74. The Labute approximate surface area is 108 Å². The molecule has 0 bridgehead atoms. The largest absolute Gasteiger partial charge is 0.341 e. The fourth-order valence-corrected chi connectivity index (χ4v) is 2.74. The minimum absolute atomic E-state index is 0.00417. The lowest BCUT2D eigenvalue weighted by molar-refractivity contribution is -0.0106. The highest BCUT2D eigenvalue weighted by Gasteiger charge is 2.30. The van der Waals surface area contributed by atoms with Crippen LogP contribution in [-0.2, 0) is 4.74 Å². The molecule has 0 aliphatic carbocycles. The molecule has 2 aliphatic rings. The Morgan fingerprint density at radius 2 is 2.06 bits per heavy atom. The van der Waals surface area contributed by atoms with Gasteiger partial charge in [-0.2, -0.15) is 0 Å². The third-order valence-corrected chi connectivity index (χ3v) is 3.72. The van der Waals surface area contributed by atoms with Gasteiger partial charge < -0.3 is 20.3 Å². The molecular weight excluding hydrogens is 226 g/mol. The average molecular weight is 247 g/mol. The van der Waals surface area contributed by atoms with E-state index in [4.69, 9.17) is 4.74 Å². The van der Waals surface area contributed by atoms with Crippen molar-refractivity contribution >= 4 is 11.4 Å². The van der Waals surface area contributed by atoms with Crippen molar-refractivity contribution in [1.29, 1.82) is 0 Å². The van der Waals surface area contributed by atoms with Crippen LogP contribution in [0, 0.1) is 0 Å². The van der Waals surface area contributed by atoms with Gasteiger partial charge in [0.25, 0.3) is 0 Å². The standard InChI is InChI=1S/C14H21N3O/c1-2-17-13-6-4-3-5-12(13)16-14(17)18-11-7-9-15-10-8-11/h3-6,11,14-16H,2,7-10H2,1H3. The van der Waals surface area contributed by atoms with Crippen molar-refractivity contribution < 1.29 is 4.74 Å². The van der Waals surface area contributed by atoms with Gasteiger partial charge in [-0.3, -0.25) is 0 Å². The average Bonchev–Trinajstić information content (AvgIpc) is 2.77. The van der Waals surface area contributed by atoms with Gasteiger partial charge in [0.05, 0.1) is 17.5 Å². The summed E-state index contributed by atoms with van der Waals surface area (Å²) in [5.41, 5.74) is 2.43. The number of fused-ring (bicyclic) bond motifs is 1. The van der Waals surface area contributed by atoms with Crippen LogP contribution in [0.3, 0.4) is 0 Å². The van der Waals surface area contributed by atoms with Crippen LogP contribution in [-0.4, -0.2) is 32.1 Å². The first-order valence-electron chi connectivity index (χ1n) is 6.87. The Bertz CT molecular complexity index is 404. The van der Waals surface area contributed by atoms with E-state index >= 15 is 0 Å². The van der Waals surface area contributed by atoms with Crippen molar-refractivity contribution in [1.82, 2.24) is 5.32 Å². The Balaban J connectivity index is 1.70. The third-order valence-electron chi connectivity index (χ3n) is 3.72. The van der Waals surface area contributed by atoms with E-state index < -0.39 is 0 Å². The summed E-state index contributed by atoms with van der Waals surface area (Å²) >= 11 is 0. The molecule has 2 heterocycles. The van der Waals surface area contributed by atoms with E-state index in [1.807, 2.05) is 0 Å². The topological polar surface area (TPSA) is 36.5 Å². The number of rotatable bonds is 3. The zero-order chi connectivity index (χ0) is 12.4. The van der Waals surface area contributed by atoms with Crippen LogP contribution >= 0.6 is 0 Å². The van der Waals surface area contributed by atoms with Crippen LogP contribution in [0.5, 0.6) is 0 Å². The van der Waals surface area contributed by atoms with E-state index in [1.54, 1.807) is 0 Å². The second kappa shape index (κ2) is 5.16. The second-order valence-corrected chi connectivity index (χ2v) is 4.89. The van der Waals surface area contributed by atoms with Crippen LogP contribution in [0.25, 0.3) is 0 Å². The van der Waals surface area contributed by atoms with E-state index in [2.05, 4.69) is 46.7 Å². The first kappa shape index (κ1) is 11.8. The molecule has 0 amide bonds. The molecule has 2 aliphatic heterocycles. The summed E-state index contributed by atoms with van der Waals surface area (Å²) < 4.78 is 6.21. The molecule has 98 valence electrons. The molecule has 1 fully saturated rings. The maximum absolute atomic E-state index is 6.21. The highest BCUT2D eigenvalue weighted by atomic mass is 16.5. The van der Waals surface area contributed by atoms with Gasteiger partial charge in [0, 0.05) is 6.54 Å². The first-order chi connectivity index (χ1) is 8.88. The van der Waals surface area contributed by atoms with E-state index in [0.29, 0.717) is 6.10 Å². The van der Waals surface area contributed by atoms with Crippen LogP contribution in [0.1, 0.15) is 19.8 Å². The zero-order valence-corrected chi connectivity index (χ0v) is 10.9. The number of piperidine rings is 1. The third kappa shape index (κ3) is 2.18. The second-order valence-electron chi connectivity index (χ2n) is 4.89. The van der Waals surface area contributed by atoms with Gasteiger partial charge in [-0.15, -0.1) is 0 Å². The number of ether oxygens (including phenoxy) is 1. The van der Waals surface area contributed by atoms with Gasteiger partial charge in [-0.1, -0.05) is 12.1 Å². The SMILES string of the molecule is CCN1c2ccccc2NC1OC1CCNCC1. The molecule has 0 spiro atoms. The Morgan fingerprint density at radius 1 is 1.28 bits per heavy atom. The lowest BCUT2D eigenvalue weighted by atomic mass is 10.1. The van der Waals surface area contributed by atoms with E-state index in [-0.39, 0.29) is 6.35 Å². The molecule has 3 rings (SSSR count). The summed E-state index contributed by atoms with van der Waals surface area (Å²) in [5.74, 6) is 0. The molecule has 1 saturated heterocycles. The van der Waals surface area contributed by atoms with Gasteiger partial charge >= 0.3 is 0 Å². The Hall–Kier alpha value is -1.26. The number of nitrogens with one attached hydrogen (secondary N) is 2. The van der Waals surface area contributed by atoms with Gasteiger partial charge in [0.2, 0.25) is 6.35 Å². The van der Waals surface area contributed by atoms with Crippen molar-refractivity contribution in [2.75, 3.05) is 29.9 Å². The van der Waals surface area contributed by atoms with Crippen molar-refractivity contribution in [3.05, 3.63) is 24.3 Å². The van der Waals surface area contributed by atoms with Crippen LogP contribution < -0.4 is 15.5 Å². The minimum atomic E-state index is -0.00417. The number of nitrogens with zero attached hydrogens (tertiary/aromatic N) is 1. The zero-order valence-electron chi connectivity index (χ0n) is 10.9. The normalized spacial score (nSPS) is 23.8. The fraction of sp³-hybridized carbons (Fsp3) is 0.571. The van der Waals surface area contributed by atoms with Crippen molar-refractivity contribution in [3.8, 4) is 0 Å². The van der Waals surface area contributed by atoms with Crippen LogP contribution in [0.15, 0.2) is 24.3 Å². The smallest absolute Gasteiger partial charge is 0.208 e. The van der Waals surface area contributed by atoms with Gasteiger partial charge in [0.15, 0.2) is 0 Å². The summed E-state index contributed by atoms with van der Waals surface area (Å²) in [6.45, 7) is 5.26. The summed E-state index contributed by atoms with van der Waals surface area (Å²) in [6, 6.07) is 8.41. The van der Waals surface area contributed by atoms with E-state index in [0.717, 1.165) is 32.5 Å². The number of hydrogen-bond acceptors (Lipinski definition) is 4. The van der Waals surface area contributed by atoms with Crippen molar-refractivity contribution in [2.45, 2.75) is 32.2 Å². The summed E-state index contributed by atoms with van der Waals surface area (Å²) in [4.78, 5) is 2.29. The lowest BCUT2D eigenvalue weighted by Crippen LogP contribution is -2.43. The van der Waals surface area contributed by atoms with Gasteiger partial charge in [0.1, 0.15) is 0 Å². The molecule has 2 N–H and O–H groups in total. The highest BCUT2D eigenvalue weighted by molar-refractivity contribution is 5.75. The van der Waals surface area contributed by atoms with Crippen molar-refractivity contribution in [2.24, 2.45) is 0 Å². The molecular formula is C14H21N3O. The van der Waals surface area contributed by atoms with Crippen LogP contribution in [0.2, 0.25) is 0 Å². The summed E-state index contributed by atoms with van der Waals surface area (Å²) in [6.07, 6.45) is 2.57. The first-order valence-corrected chi connectivity index (χ1v) is 6.87. The minimum Gasteiger partial charge on any atom is -0.341 e. The number of benzene rings is 1. The molecule has 0 saturated carbocycles. The Kier molecular flexibility index (Phi) is 3.39. The maximum atomic E-state index is 6.21. The van der Waals surface area contributed by atoms with E-state index in [1.165, 1.54) is 11.4 Å². The number of hydrogen-bond donors (Lipinski definition) is 2. The predicted octanol–water partition coefficient (Wildman–Crippen LogP) is 1.99. The Morgan fingerprint density at radius 3 is 2.83 bits per heavy atom. The molecule has 0 radical (unpaired) electrons. The monoisotopic (exact) mass is 247 g/mol. The maximum Gasteiger partial charge on any atom is 0.208 e. The number of para-hydroxylation sites is 2. The summed E-state index contributed by atoms with van der Waals surface area (Å²) in [5, 5.41) is 6.83. The predicted molar refractivity (Wildman–Crippen MR) is 73.8 cm³/mol. The van der Waals surface area contributed by atoms with E-state index in [9.17, 15) is 0 Å². The molecule has 1 unspecified atom stereocenters.